The Kier molecular flexibility index (Phi) is 15.2. The molecule has 0 saturated carbocycles. The lowest BCUT2D eigenvalue weighted by Crippen LogP contribution is -1.91. The van der Waals surface area contributed by atoms with Gasteiger partial charge in [-0.05, 0) is 38.2 Å². The molecule has 0 rings (SSSR count). The Morgan fingerprint density at radius 1 is 1.00 bits per heavy atom. The molecule has 0 unspecified atom stereocenters. The molecule has 3 nitrogen and oxygen atoms in total. The molecule has 22 heavy (non-hydrogen) atoms. The Balaban J connectivity index is 3.48. The molecule has 0 aromatic rings. The van der Waals surface area contributed by atoms with Crippen molar-refractivity contribution in [2.75, 3.05) is 0 Å². The summed E-state index contributed by atoms with van der Waals surface area (Å²) < 4.78 is 4.93. The first-order valence-electron chi connectivity index (χ1n) is 7.72. The van der Waals surface area contributed by atoms with E-state index in [-0.39, 0.29) is 6.42 Å². The Morgan fingerprint density at radius 2 is 1.68 bits per heavy atom. The number of ether oxygens (including phenoxy) is 1. The van der Waals surface area contributed by atoms with Crippen molar-refractivity contribution in [2.45, 2.75) is 51.9 Å². The molecule has 0 aliphatic rings. The van der Waals surface area contributed by atoms with Crippen LogP contribution in [0.5, 0.6) is 0 Å². The molecule has 0 atom stereocenters. The Labute approximate surface area is 134 Å². The largest absolute Gasteiger partial charge is 0.481 e. The SMILES string of the molecule is CC/C=C\C/C=C/C/C=C/CCC#CO/C=C\CCC(=O)O. The van der Waals surface area contributed by atoms with Gasteiger partial charge in [-0.25, -0.2) is 0 Å². The van der Waals surface area contributed by atoms with E-state index < -0.39 is 5.97 Å². The van der Waals surface area contributed by atoms with E-state index in [9.17, 15) is 4.79 Å². The minimum absolute atomic E-state index is 0.113. The molecule has 0 saturated heterocycles. The summed E-state index contributed by atoms with van der Waals surface area (Å²) in [5.74, 6) is 2.08. The first-order valence-corrected chi connectivity index (χ1v) is 7.72. The normalized spacial score (nSPS) is 11.5. The predicted octanol–water partition coefficient (Wildman–Crippen LogP) is 4.98. The number of hydrogen-bond acceptors (Lipinski definition) is 2. The van der Waals surface area contributed by atoms with Gasteiger partial charge in [-0.2, -0.15) is 0 Å². The lowest BCUT2D eigenvalue weighted by atomic mass is 10.2. The highest BCUT2D eigenvalue weighted by Gasteiger charge is 1.90. The van der Waals surface area contributed by atoms with Crippen molar-refractivity contribution in [2.24, 2.45) is 0 Å². The maximum atomic E-state index is 10.2. The van der Waals surface area contributed by atoms with E-state index >= 15 is 0 Å². The van der Waals surface area contributed by atoms with Crippen LogP contribution in [0.15, 0.2) is 48.8 Å². The topological polar surface area (TPSA) is 46.5 Å². The van der Waals surface area contributed by atoms with Crippen molar-refractivity contribution in [3.63, 3.8) is 0 Å². The Morgan fingerprint density at radius 3 is 2.36 bits per heavy atom. The highest BCUT2D eigenvalue weighted by molar-refractivity contribution is 5.66. The predicted molar refractivity (Wildman–Crippen MR) is 91.0 cm³/mol. The number of aliphatic carboxylic acids is 1. The van der Waals surface area contributed by atoms with Crippen LogP contribution in [0.1, 0.15) is 51.9 Å². The van der Waals surface area contributed by atoms with Gasteiger partial charge in [0.25, 0.3) is 0 Å². The van der Waals surface area contributed by atoms with Crippen LogP contribution >= 0.6 is 0 Å². The van der Waals surface area contributed by atoms with Crippen molar-refractivity contribution in [3.8, 4) is 12.0 Å². The average molecular weight is 302 g/mol. The van der Waals surface area contributed by atoms with E-state index in [1.165, 1.54) is 6.26 Å². The third-order valence-corrected chi connectivity index (χ3v) is 2.54. The first kappa shape index (κ1) is 19.8. The van der Waals surface area contributed by atoms with Gasteiger partial charge in [0.05, 0.1) is 6.26 Å². The molecule has 0 radical (unpaired) electrons. The van der Waals surface area contributed by atoms with Crippen molar-refractivity contribution in [1.29, 1.82) is 0 Å². The molecule has 0 aromatic carbocycles. The fourth-order valence-corrected chi connectivity index (χ4v) is 1.43. The summed E-state index contributed by atoms with van der Waals surface area (Å²) in [7, 11) is 0. The zero-order chi connectivity index (χ0) is 16.3. The zero-order valence-electron chi connectivity index (χ0n) is 13.3. The molecule has 0 heterocycles. The molecule has 0 amide bonds. The minimum atomic E-state index is -0.810. The summed E-state index contributed by atoms with van der Waals surface area (Å²) in [6, 6.07) is 0. The third kappa shape index (κ3) is 17.8. The number of hydrogen-bond donors (Lipinski definition) is 1. The van der Waals surface area contributed by atoms with Gasteiger partial charge in [0.15, 0.2) is 0 Å². The molecular formula is C19H26O3. The van der Waals surface area contributed by atoms with Crippen LogP contribution in [0.25, 0.3) is 0 Å². The molecule has 120 valence electrons. The summed E-state index contributed by atoms with van der Waals surface area (Å²) in [5, 5.41) is 8.42. The van der Waals surface area contributed by atoms with Gasteiger partial charge in [0, 0.05) is 12.8 Å². The number of rotatable bonds is 11. The van der Waals surface area contributed by atoms with Gasteiger partial charge >= 0.3 is 5.97 Å². The second-order valence-electron chi connectivity index (χ2n) is 4.53. The van der Waals surface area contributed by atoms with E-state index in [4.69, 9.17) is 9.84 Å². The Hall–Kier alpha value is -2.21. The smallest absolute Gasteiger partial charge is 0.303 e. The van der Waals surface area contributed by atoms with E-state index in [1.54, 1.807) is 6.08 Å². The van der Waals surface area contributed by atoms with Crippen molar-refractivity contribution >= 4 is 5.97 Å². The van der Waals surface area contributed by atoms with Gasteiger partial charge in [0.2, 0.25) is 0 Å². The molecule has 3 heteroatoms. The number of unbranched alkanes of at least 4 members (excludes halogenated alkanes) is 1. The fourth-order valence-electron chi connectivity index (χ4n) is 1.43. The molecule has 1 N–H and O–H groups in total. The van der Waals surface area contributed by atoms with E-state index in [1.807, 2.05) is 0 Å². The quantitative estimate of drug-likeness (QED) is 0.253. The summed E-state index contributed by atoms with van der Waals surface area (Å²) in [4.78, 5) is 10.2. The summed E-state index contributed by atoms with van der Waals surface area (Å²) in [6.45, 7) is 2.13. The monoisotopic (exact) mass is 302 g/mol. The molecule has 0 bridgehead atoms. The standard InChI is InChI=1S/C19H26O3/c1-2-3-4-5-6-7-8-9-10-11-12-14-17-22-18-15-13-16-19(20)21/h3-4,6-7,9-10,15,18H,2,5,8,11-13,16H2,1H3,(H,20,21)/b4-3-,7-6+,10-9+,18-15-. The number of carboxylic acids is 1. The summed E-state index contributed by atoms with van der Waals surface area (Å²) in [5.41, 5.74) is 0. The lowest BCUT2D eigenvalue weighted by Gasteiger charge is -1.87. The highest BCUT2D eigenvalue weighted by atomic mass is 16.5. The second-order valence-corrected chi connectivity index (χ2v) is 4.53. The van der Waals surface area contributed by atoms with Crippen LogP contribution in [0, 0.1) is 12.0 Å². The average Bonchev–Trinajstić information content (AvgIpc) is 2.50. The molecule has 0 aromatic heterocycles. The molecule has 0 aliphatic carbocycles. The van der Waals surface area contributed by atoms with Crippen LogP contribution in [0.4, 0.5) is 0 Å². The summed E-state index contributed by atoms with van der Waals surface area (Å²) >= 11 is 0. The van der Waals surface area contributed by atoms with Crippen molar-refractivity contribution in [1.82, 2.24) is 0 Å². The van der Waals surface area contributed by atoms with Crippen LogP contribution in [0.2, 0.25) is 0 Å². The van der Waals surface area contributed by atoms with E-state index in [0.29, 0.717) is 6.42 Å². The zero-order valence-corrected chi connectivity index (χ0v) is 13.3. The molecule has 0 spiro atoms. The van der Waals surface area contributed by atoms with Gasteiger partial charge in [-0.3, -0.25) is 4.79 Å². The third-order valence-electron chi connectivity index (χ3n) is 2.54. The summed E-state index contributed by atoms with van der Waals surface area (Å²) in [6.07, 6.45) is 23.9. The van der Waals surface area contributed by atoms with Crippen molar-refractivity contribution in [3.05, 3.63) is 48.8 Å². The van der Waals surface area contributed by atoms with Crippen LogP contribution in [0.3, 0.4) is 0 Å². The van der Waals surface area contributed by atoms with Crippen LogP contribution < -0.4 is 0 Å². The maximum absolute atomic E-state index is 10.2. The number of carbonyl (C=O) groups is 1. The van der Waals surface area contributed by atoms with Gasteiger partial charge in [-0.1, -0.05) is 49.3 Å². The molecule has 0 aliphatic heterocycles. The second kappa shape index (κ2) is 16.8. The van der Waals surface area contributed by atoms with E-state index in [2.05, 4.69) is 55.4 Å². The first-order chi connectivity index (χ1) is 10.8. The van der Waals surface area contributed by atoms with Crippen molar-refractivity contribution < 1.29 is 14.6 Å². The van der Waals surface area contributed by atoms with Crippen LogP contribution in [-0.4, -0.2) is 11.1 Å². The maximum Gasteiger partial charge on any atom is 0.303 e. The lowest BCUT2D eigenvalue weighted by molar-refractivity contribution is -0.136. The highest BCUT2D eigenvalue weighted by Crippen LogP contribution is 1.95. The number of carboxylic acid groups (broad SMARTS) is 1. The van der Waals surface area contributed by atoms with E-state index in [0.717, 1.165) is 32.1 Å². The molecular weight excluding hydrogens is 276 g/mol. The minimum Gasteiger partial charge on any atom is -0.481 e. The molecule has 0 fully saturated rings. The van der Waals surface area contributed by atoms with Crippen LogP contribution in [-0.2, 0) is 9.53 Å². The van der Waals surface area contributed by atoms with Gasteiger partial charge in [0.1, 0.15) is 6.11 Å². The fraction of sp³-hybridized carbons (Fsp3) is 0.421. The number of allylic oxidation sites excluding steroid dienone is 7. The Bertz CT molecular complexity index is 445. The van der Waals surface area contributed by atoms with Gasteiger partial charge in [-0.15, -0.1) is 0 Å². The van der Waals surface area contributed by atoms with Gasteiger partial charge < -0.3 is 9.84 Å².